The molecule has 2 fully saturated rings. The lowest BCUT2D eigenvalue weighted by Gasteiger charge is -2.48. The van der Waals surface area contributed by atoms with E-state index in [0.29, 0.717) is 23.8 Å². The van der Waals surface area contributed by atoms with Gasteiger partial charge in [-0.3, -0.25) is 9.69 Å². The highest BCUT2D eigenvalue weighted by Gasteiger charge is 2.40. The van der Waals surface area contributed by atoms with Crippen LogP contribution in [-0.2, 0) is 17.6 Å². The van der Waals surface area contributed by atoms with Crippen LogP contribution in [0.1, 0.15) is 64.0 Å². The van der Waals surface area contributed by atoms with E-state index in [1.165, 1.54) is 51.6 Å². The molecule has 27 heavy (non-hydrogen) atoms. The van der Waals surface area contributed by atoms with Crippen molar-refractivity contribution in [3.05, 3.63) is 35.4 Å². The van der Waals surface area contributed by atoms with Crippen LogP contribution in [0.25, 0.3) is 0 Å². The van der Waals surface area contributed by atoms with E-state index in [1.807, 2.05) is 0 Å². The predicted octanol–water partition coefficient (Wildman–Crippen LogP) is 4.29. The van der Waals surface area contributed by atoms with Crippen LogP contribution in [-0.4, -0.2) is 47.9 Å². The van der Waals surface area contributed by atoms with E-state index in [0.717, 1.165) is 13.1 Å². The molecule has 4 rings (SSSR count). The van der Waals surface area contributed by atoms with E-state index in [2.05, 4.69) is 54.8 Å². The van der Waals surface area contributed by atoms with Crippen LogP contribution < -0.4 is 0 Å². The van der Waals surface area contributed by atoms with Crippen LogP contribution in [0.5, 0.6) is 0 Å². The molecule has 0 atom stereocenters. The largest absolute Gasteiger partial charge is 0.343 e. The normalized spacial score (nSPS) is 23.6. The van der Waals surface area contributed by atoms with Gasteiger partial charge in [0.05, 0.1) is 0 Å². The minimum absolute atomic E-state index is 0.0937. The van der Waals surface area contributed by atoms with Gasteiger partial charge in [-0.05, 0) is 73.6 Å². The van der Waals surface area contributed by atoms with Crippen molar-refractivity contribution < 1.29 is 4.79 Å². The van der Waals surface area contributed by atoms with Crippen molar-refractivity contribution in [1.29, 1.82) is 0 Å². The van der Waals surface area contributed by atoms with Gasteiger partial charge in [-0.15, -0.1) is 0 Å². The average molecular weight is 369 g/mol. The molecule has 2 aliphatic heterocycles. The Morgan fingerprint density at radius 2 is 1.48 bits per heavy atom. The molecule has 1 spiro atoms. The van der Waals surface area contributed by atoms with E-state index in [4.69, 9.17) is 0 Å². The molecule has 2 heterocycles. The Balaban J connectivity index is 1.27. The smallest absolute Gasteiger partial charge is 0.223 e. The van der Waals surface area contributed by atoms with Gasteiger partial charge in [0.2, 0.25) is 5.91 Å². The molecule has 0 aromatic heterocycles. The van der Waals surface area contributed by atoms with Gasteiger partial charge in [0.25, 0.3) is 0 Å². The van der Waals surface area contributed by atoms with Crippen molar-refractivity contribution in [2.45, 2.75) is 71.8 Å². The number of piperidine rings is 2. The van der Waals surface area contributed by atoms with Gasteiger partial charge in [-0.25, -0.2) is 0 Å². The minimum Gasteiger partial charge on any atom is -0.343 e. The first kappa shape index (κ1) is 19.0. The van der Waals surface area contributed by atoms with Crippen LogP contribution >= 0.6 is 0 Å². The average Bonchev–Trinajstić information content (AvgIpc) is 3.05. The van der Waals surface area contributed by atoms with E-state index in [1.54, 1.807) is 11.1 Å². The number of amides is 1. The molecule has 1 aromatic rings. The third kappa shape index (κ3) is 4.23. The zero-order valence-electron chi connectivity index (χ0n) is 17.5. The number of rotatable bonds is 2. The molecule has 2 saturated heterocycles. The fraction of sp³-hybridized carbons (Fsp3) is 0.708. The first-order valence-electron chi connectivity index (χ1n) is 10.9. The molecule has 1 amide bonds. The molecule has 1 aromatic carbocycles. The van der Waals surface area contributed by atoms with Crippen LogP contribution in [0.3, 0.4) is 0 Å². The summed E-state index contributed by atoms with van der Waals surface area (Å²) in [5.41, 5.74) is 3.72. The quantitative estimate of drug-likeness (QED) is 0.777. The lowest BCUT2D eigenvalue weighted by atomic mass is 9.71. The zero-order chi connectivity index (χ0) is 19.1. The Morgan fingerprint density at radius 3 is 2.00 bits per heavy atom. The summed E-state index contributed by atoms with van der Waals surface area (Å²) in [5.74, 6) is 0.360. The van der Waals surface area contributed by atoms with Crippen LogP contribution in [0.15, 0.2) is 24.3 Å². The lowest BCUT2D eigenvalue weighted by Crippen LogP contribution is -2.50. The number of benzene rings is 1. The number of likely N-dealkylation sites (tertiary alicyclic amines) is 2. The Hall–Kier alpha value is -1.35. The number of carbonyl (C=O) groups excluding carboxylic acids is 1. The van der Waals surface area contributed by atoms with Crippen molar-refractivity contribution >= 4 is 5.91 Å². The highest BCUT2D eigenvalue weighted by Crippen LogP contribution is 2.42. The topological polar surface area (TPSA) is 23.6 Å². The monoisotopic (exact) mass is 368 g/mol. The Morgan fingerprint density at radius 1 is 0.963 bits per heavy atom. The summed E-state index contributed by atoms with van der Waals surface area (Å²) >= 11 is 0. The second-order valence-electron chi connectivity index (χ2n) is 10.5. The van der Waals surface area contributed by atoms with Crippen molar-refractivity contribution in [2.24, 2.45) is 10.8 Å². The van der Waals surface area contributed by atoms with E-state index in [9.17, 15) is 4.79 Å². The maximum atomic E-state index is 12.5. The molecule has 3 nitrogen and oxygen atoms in total. The van der Waals surface area contributed by atoms with Crippen molar-refractivity contribution in [2.75, 3.05) is 26.2 Å². The molecule has 0 saturated carbocycles. The molecular weight excluding hydrogens is 332 g/mol. The first-order chi connectivity index (χ1) is 12.8. The second-order valence-corrected chi connectivity index (χ2v) is 10.5. The number of carbonyl (C=O) groups is 1. The van der Waals surface area contributed by atoms with Gasteiger partial charge >= 0.3 is 0 Å². The fourth-order valence-corrected chi connectivity index (χ4v) is 5.45. The van der Waals surface area contributed by atoms with Gasteiger partial charge in [0.15, 0.2) is 0 Å². The summed E-state index contributed by atoms with van der Waals surface area (Å²) in [6.45, 7) is 10.9. The summed E-state index contributed by atoms with van der Waals surface area (Å²) in [6, 6.07) is 9.70. The van der Waals surface area contributed by atoms with Gasteiger partial charge in [0, 0.05) is 25.6 Å². The molecule has 0 radical (unpaired) electrons. The summed E-state index contributed by atoms with van der Waals surface area (Å²) < 4.78 is 0. The molecular formula is C24H36N2O. The first-order valence-corrected chi connectivity index (χ1v) is 10.9. The van der Waals surface area contributed by atoms with Crippen LogP contribution in [0.4, 0.5) is 0 Å². The third-order valence-corrected chi connectivity index (χ3v) is 7.26. The maximum Gasteiger partial charge on any atom is 0.223 e. The van der Waals surface area contributed by atoms with Crippen molar-refractivity contribution in [3.8, 4) is 0 Å². The fourth-order valence-electron chi connectivity index (χ4n) is 5.45. The lowest BCUT2D eigenvalue weighted by molar-refractivity contribution is -0.136. The predicted molar refractivity (Wildman–Crippen MR) is 111 cm³/mol. The molecule has 0 N–H and O–H groups in total. The number of fused-ring (bicyclic) bond motifs is 1. The standard InChI is InChI=1S/C24H36N2O/c1-23(2,3)18-22(27)26-14-10-24(11-15-26)8-12-25(13-9-24)21-16-19-6-4-5-7-20(19)17-21/h4-7,21H,8-18H2,1-3H3. The molecule has 3 aliphatic rings. The van der Waals surface area contributed by atoms with Gasteiger partial charge in [0.1, 0.15) is 0 Å². The van der Waals surface area contributed by atoms with Crippen molar-refractivity contribution in [1.82, 2.24) is 9.80 Å². The molecule has 0 bridgehead atoms. The maximum absolute atomic E-state index is 12.5. The van der Waals surface area contributed by atoms with E-state index < -0.39 is 0 Å². The number of hydrogen-bond donors (Lipinski definition) is 0. The molecule has 3 heteroatoms. The summed E-state index contributed by atoms with van der Waals surface area (Å²) in [4.78, 5) is 17.4. The molecule has 148 valence electrons. The van der Waals surface area contributed by atoms with Gasteiger partial charge in [-0.2, -0.15) is 0 Å². The molecule has 1 aliphatic carbocycles. The number of hydrogen-bond acceptors (Lipinski definition) is 2. The summed E-state index contributed by atoms with van der Waals surface area (Å²) in [6.07, 6.45) is 8.21. The van der Waals surface area contributed by atoms with Gasteiger partial charge in [-0.1, -0.05) is 45.0 Å². The SMILES string of the molecule is CC(C)(C)CC(=O)N1CCC2(CC1)CCN(C1Cc3ccccc3C1)CC2. The Bertz CT molecular complexity index is 647. The van der Waals surface area contributed by atoms with Crippen molar-refractivity contribution in [3.63, 3.8) is 0 Å². The zero-order valence-corrected chi connectivity index (χ0v) is 17.5. The molecule has 0 unspecified atom stereocenters. The minimum atomic E-state index is 0.0937. The third-order valence-electron chi connectivity index (χ3n) is 7.26. The Labute approximate surface area is 165 Å². The second kappa shape index (κ2) is 7.24. The summed E-state index contributed by atoms with van der Waals surface area (Å²) in [7, 11) is 0. The highest BCUT2D eigenvalue weighted by molar-refractivity contribution is 5.76. The van der Waals surface area contributed by atoms with Crippen LogP contribution in [0.2, 0.25) is 0 Å². The number of nitrogens with zero attached hydrogens (tertiary/aromatic N) is 2. The van der Waals surface area contributed by atoms with Crippen LogP contribution in [0, 0.1) is 10.8 Å². The van der Waals surface area contributed by atoms with E-state index in [-0.39, 0.29) is 5.41 Å². The van der Waals surface area contributed by atoms with E-state index >= 15 is 0 Å². The Kier molecular flexibility index (Phi) is 5.09. The highest BCUT2D eigenvalue weighted by atomic mass is 16.2. The van der Waals surface area contributed by atoms with Gasteiger partial charge < -0.3 is 4.90 Å². The summed E-state index contributed by atoms with van der Waals surface area (Å²) in [5, 5.41) is 0.